The number of rotatable bonds is 7. The number of nitrogens with one attached hydrogen (secondary N) is 1. The van der Waals surface area contributed by atoms with Crippen molar-refractivity contribution in [1.29, 1.82) is 0 Å². The zero-order valence-corrected chi connectivity index (χ0v) is 11.0. The molecule has 0 amide bonds. The van der Waals surface area contributed by atoms with Gasteiger partial charge in [0.05, 0.1) is 25.5 Å². The van der Waals surface area contributed by atoms with Crippen molar-refractivity contribution in [3.05, 3.63) is 29.6 Å². The largest absolute Gasteiger partial charge is 0.382 e. The first kappa shape index (κ1) is 13.5. The van der Waals surface area contributed by atoms with Crippen LogP contribution in [0.15, 0.2) is 18.3 Å². The summed E-state index contributed by atoms with van der Waals surface area (Å²) in [6.07, 6.45) is 5.45. The minimum atomic E-state index is 0.390. The number of methoxy groups -OCH3 is 1. The van der Waals surface area contributed by atoms with Crippen LogP contribution in [0.25, 0.3) is 0 Å². The average molecular weight is 250 g/mol. The van der Waals surface area contributed by atoms with Crippen molar-refractivity contribution in [3.63, 3.8) is 0 Å². The molecule has 4 nitrogen and oxygen atoms in total. The van der Waals surface area contributed by atoms with Gasteiger partial charge in [0.2, 0.25) is 0 Å². The summed E-state index contributed by atoms with van der Waals surface area (Å²) in [6.45, 7) is 2.91. The van der Waals surface area contributed by atoms with Gasteiger partial charge >= 0.3 is 0 Å². The van der Waals surface area contributed by atoms with Gasteiger partial charge in [0, 0.05) is 25.9 Å². The molecule has 1 aromatic rings. The van der Waals surface area contributed by atoms with Crippen molar-refractivity contribution in [2.45, 2.75) is 25.3 Å². The summed E-state index contributed by atoms with van der Waals surface area (Å²) < 4.78 is 10.4. The Kier molecular flexibility index (Phi) is 5.58. The summed E-state index contributed by atoms with van der Waals surface area (Å²) in [7, 11) is 1.69. The molecule has 0 aliphatic heterocycles. The zero-order valence-electron chi connectivity index (χ0n) is 11.0. The first-order valence-corrected chi connectivity index (χ1v) is 6.65. The summed E-state index contributed by atoms with van der Waals surface area (Å²) >= 11 is 0. The lowest BCUT2D eigenvalue weighted by atomic mass is 9.92. The lowest BCUT2D eigenvalue weighted by Gasteiger charge is -2.25. The number of hydrogen-bond donors (Lipinski definition) is 1. The minimum absolute atomic E-state index is 0.390. The van der Waals surface area contributed by atoms with Gasteiger partial charge in [-0.15, -0.1) is 0 Å². The molecule has 0 fully saturated rings. The van der Waals surface area contributed by atoms with E-state index in [2.05, 4.69) is 16.4 Å². The Morgan fingerprint density at radius 2 is 2.33 bits per heavy atom. The molecule has 1 unspecified atom stereocenters. The first-order chi connectivity index (χ1) is 8.92. The minimum Gasteiger partial charge on any atom is -0.382 e. The van der Waals surface area contributed by atoms with E-state index in [0.717, 1.165) is 19.6 Å². The number of nitrogens with zero attached hydrogens (tertiary/aromatic N) is 1. The van der Waals surface area contributed by atoms with Crippen LogP contribution < -0.4 is 5.32 Å². The van der Waals surface area contributed by atoms with E-state index < -0.39 is 0 Å². The van der Waals surface area contributed by atoms with Gasteiger partial charge in [-0.25, -0.2) is 0 Å². The van der Waals surface area contributed by atoms with Crippen molar-refractivity contribution in [3.8, 4) is 0 Å². The van der Waals surface area contributed by atoms with E-state index in [4.69, 9.17) is 9.47 Å². The summed E-state index contributed by atoms with van der Waals surface area (Å²) in [5, 5.41) is 3.53. The van der Waals surface area contributed by atoms with Crippen molar-refractivity contribution < 1.29 is 9.47 Å². The smallest absolute Gasteiger partial charge is 0.0700 e. The first-order valence-electron chi connectivity index (χ1n) is 6.65. The topological polar surface area (TPSA) is 43.4 Å². The Labute approximate surface area is 109 Å². The van der Waals surface area contributed by atoms with Crippen LogP contribution in [0, 0.1) is 0 Å². The molecule has 0 saturated carbocycles. The summed E-state index contributed by atoms with van der Waals surface area (Å²) in [5.41, 5.74) is 2.61. The highest BCUT2D eigenvalue weighted by atomic mass is 16.5. The van der Waals surface area contributed by atoms with Crippen LogP contribution in [0.5, 0.6) is 0 Å². The van der Waals surface area contributed by atoms with Crippen molar-refractivity contribution in [1.82, 2.24) is 10.3 Å². The lowest BCUT2D eigenvalue weighted by molar-refractivity contribution is 0.0707. The van der Waals surface area contributed by atoms with Gasteiger partial charge < -0.3 is 14.8 Å². The molecule has 0 saturated heterocycles. The van der Waals surface area contributed by atoms with Crippen LogP contribution in [0.1, 0.15) is 30.1 Å². The zero-order chi connectivity index (χ0) is 12.6. The summed E-state index contributed by atoms with van der Waals surface area (Å²) in [4.78, 5) is 4.51. The van der Waals surface area contributed by atoms with Crippen LogP contribution in [0.3, 0.4) is 0 Å². The van der Waals surface area contributed by atoms with Crippen LogP contribution in [-0.2, 0) is 15.9 Å². The highest BCUT2D eigenvalue weighted by molar-refractivity contribution is 5.25. The third kappa shape index (κ3) is 3.77. The molecule has 1 aliphatic carbocycles. The molecule has 1 N–H and O–H groups in total. The highest BCUT2D eigenvalue weighted by Crippen LogP contribution is 2.27. The third-order valence-electron chi connectivity index (χ3n) is 3.26. The average Bonchev–Trinajstić information content (AvgIpc) is 2.43. The highest BCUT2D eigenvalue weighted by Gasteiger charge is 2.20. The third-order valence-corrected chi connectivity index (χ3v) is 3.26. The number of hydrogen-bond acceptors (Lipinski definition) is 4. The Bertz CT molecular complexity index is 357. The Morgan fingerprint density at radius 1 is 1.39 bits per heavy atom. The van der Waals surface area contributed by atoms with Crippen molar-refractivity contribution >= 4 is 0 Å². The van der Waals surface area contributed by atoms with E-state index in [1.807, 2.05) is 12.3 Å². The molecule has 0 radical (unpaired) electrons. The summed E-state index contributed by atoms with van der Waals surface area (Å²) in [6, 6.07) is 4.60. The fourth-order valence-electron chi connectivity index (χ4n) is 2.36. The van der Waals surface area contributed by atoms with Gasteiger partial charge in [-0.1, -0.05) is 6.07 Å². The van der Waals surface area contributed by atoms with Gasteiger partial charge in [0.15, 0.2) is 0 Å². The molecular weight excluding hydrogens is 228 g/mol. The van der Waals surface area contributed by atoms with E-state index in [1.165, 1.54) is 24.1 Å². The monoisotopic (exact) mass is 250 g/mol. The molecule has 0 spiro atoms. The number of fused-ring (bicyclic) bond motifs is 1. The molecule has 100 valence electrons. The maximum absolute atomic E-state index is 5.45. The second kappa shape index (κ2) is 7.46. The molecule has 0 aromatic carbocycles. The number of aryl methyl sites for hydroxylation is 1. The van der Waals surface area contributed by atoms with Crippen LogP contribution in [0.4, 0.5) is 0 Å². The Balaban J connectivity index is 1.74. The molecule has 1 aromatic heterocycles. The van der Waals surface area contributed by atoms with Gasteiger partial charge in [0.1, 0.15) is 0 Å². The molecule has 1 heterocycles. The Hall–Kier alpha value is -0.970. The molecule has 2 rings (SSSR count). The number of pyridine rings is 1. The fraction of sp³-hybridized carbons (Fsp3) is 0.643. The molecule has 18 heavy (non-hydrogen) atoms. The van der Waals surface area contributed by atoms with Gasteiger partial charge in [-0.05, 0) is 30.9 Å². The quantitative estimate of drug-likeness (QED) is 0.748. The molecule has 4 heteroatoms. The second-order valence-electron chi connectivity index (χ2n) is 4.55. The maximum Gasteiger partial charge on any atom is 0.0700 e. The van der Waals surface area contributed by atoms with Crippen LogP contribution in [0.2, 0.25) is 0 Å². The van der Waals surface area contributed by atoms with E-state index in [1.54, 1.807) is 7.11 Å². The summed E-state index contributed by atoms with van der Waals surface area (Å²) in [5.74, 6) is 0. The predicted molar refractivity (Wildman–Crippen MR) is 70.6 cm³/mol. The van der Waals surface area contributed by atoms with Crippen molar-refractivity contribution in [2.75, 3.05) is 33.5 Å². The standard InChI is InChI=1S/C14H22N2O2/c1-17-10-11-18-9-8-15-13-6-2-4-12-5-3-7-16-14(12)13/h3,5,7,13,15H,2,4,6,8-11H2,1H3. The van der Waals surface area contributed by atoms with E-state index in [-0.39, 0.29) is 0 Å². The number of ether oxygens (including phenoxy) is 2. The maximum atomic E-state index is 5.45. The molecule has 0 bridgehead atoms. The molecule has 1 aliphatic rings. The van der Waals surface area contributed by atoms with E-state index in [9.17, 15) is 0 Å². The van der Waals surface area contributed by atoms with Gasteiger partial charge in [-0.2, -0.15) is 0 Å². The van der Waals surface area contributed by atoms with Gasteiger partial charge in [0.25, 0.3) is 0 Å². The van der Waals surface area contributed by atoms with Crippen LogP contribution in [-0.4, -0.2) is 38.5 Å². The van der Waals surface area contributed by atoms with Gasteiger partial charge in [-0.3, -0.25) is 4.98 Å². The molecule has 1 atom stereocenters. The normalized spacial score (nSPS) is 18.6. The lowest BCUT2D eigenvalue weighted by Crippen LogP contribution is -2.29. The fourth-order valence-corrected chi connectivity index (χ4v) is 2.36. The van der Waals surface area contributed by atoms with E-state index in [0.29, 0.717) is 19.3 Å². The SMILES string of the molecule is COCCOCCNC1CCCc2cccnc21. The van der Waals surface area contributed by atoms with Crippen LogP contribution >= 0.6 is 0 Å². The van der Waals surface area contributed by atoms with Crippen molar-refractivity contribution in [2.24, 2.45) is 0 Å². The predicted octanol–water partition coefficient (Wildman–Crippen LogP) is 1.71. The second-order valence-corrected chi connectivity index (χ2v) is 4.55. The number of aromatic nitrogens is 1. The molecular formula is C14H22N2O2. The van der Waals surface area contributed by atoms with E-state index >= 15 is 0 Å². The Morgan fingerprint density at radius 3 is 3.22 bits per heavy atom.